The fourth-order valence-corrected chi connectivity index (χ4v) is 4.05. The van der Waals surface area contributed by atoms with Gasteiger partial charge >= 0.3 is 12.1 Å². The van der Waals surface area contributed by atoms with Gasteiger partial charge in [0.25, 0.3) is 0 Å². The first kappa shape index (κ1) is 29.0. The van der Waals surface area contributed by atoms with Crippen molar-refractivity contribution in [2.24, 2.45) is 15.1 Å². The maximum Gasteiger partial charge on any atom is 0.416 e. The maximum atomic E-state index is 14.6. The van der Waals surface area contributed by atoms with Gasteiger partial charge in [-0.15, -0.1) is 0 Å². The van der Waals surface area contributed by atoms with E-state index in [1.807, 2.05) is 0 Å². The van der Waals surface area contributed by atoms with Crippen molar-refractivity contribution >= 4 is 28.9 Å². The molecule has 1 N–H and O–H groups in total. The Morgan fingerprint density at radius 2 is 1.79 bits per heavy atom. The number of nitrogens with one attached hydrogen (secondary N) is 1. The summed E-state index contributed by atoms with van der Waals surface area (Å²) in [4.78, 5) is 23.4. The average Bonchev–Trinajstić information content (AvgIpc) is 3.07. The molecule has 38 heavy (non-hydrogen) atoms. The Morgan fingerprint density at radius 3 is 2.42 bits per heavy atom. The number of hydrazone groups is 1. The van der Waals surface area contributed by atoms with E-state index in [9.17, 15) is 22.4 Å². The molecule has 1 aliphatic heterocycles. The highest BCUT2D eigenvalue weighted by molar-refractivity contribution is 6.36. The molecule has 0 unspecified atom stereocenters. The van der Waals surface area contributed by atoms with Crippen LogP contribution in [-0.4, -0.2) is 61.4 Å². The van der Waals surface area contributed by atoms with Gasteiger partial charge in [0.2, 0.25) is 0 Å². The molecule has 7 nitrogen and oxygen atoms in total. The molecule has 2 aromatic carbocycles. The lowest BCUT2D eigenvalue weighted by atomic mass is 9.98. The van der Waals surface area contributed by atoms with E-state index in [-0.39, 0.29) is 40.6 Å². The molecule has 0 spiro atoms. The second-order valence-electron chi connectivity index (χ2n) is 8.69. The van der Waals surface area contributed by atoms with Crippen molar-refractivity contribution in [1.29, 1.82) is 0 Å². The number of benzene rings is 2. The number of ether oxygens (including phenoxy) is 1. The Morgan fingerprint density at radius 1 is 1.08 bits per heavy atom. The topological polar surface area (TPSA) is 78.6 Å². The molecule has 0 saturated heterocycles. The number of esters is 1. The van der Waals surface area contributed by atoms with Gasteiger partial charge < -0.3 is 9.64 Å². The molecule has 0 amide bonds. The zero-order valence-corrected chi connectivity index (χ0v) is 21.6. The van der Waals surface area contributed by atoms with Crippen molar-refractivity contribution in [3.63, 3.8) is 0 Å². The van der Waals surface area contributed by atoms with Gasteiger partial charge in [-0.05, 0) is 56.3 Å². The molecular weight excluding hydrogens is 502 g/mol. The number of rotatable bonds is 10. The van der Waals surface area contributed by atoms with E-state index in [2.05, 4.69) is 39.3 Å². The second kappa shape index (κ2) is 13.3. The fraction of sp³-hybridized carbons (Fsp3) is 0.407. The smallest absolute Gasteiger partial charge is 0.416 e. The number of hydrogen-bond acceptors (Lipinski definition) is 7. The number of hydrogen-bond donors (Lipinski definition) is 1. The van der Waals surface area contributed by atoms with Gasteiger partial charge in [0, 0.05) is 24.1 Å². The predicted octanol–water partition coefficient (Wildman–Crippen LogP) is 5.36. The molecular formula is C27H31F4N5O2. The van der Waals surface area contributed by atoms with Crippen LogP contribution in [0.2, 0.25) is 0 Å². The summed E-state index contributed by atoms with van der Waals surface area (Å²) in [5, 5.41) is 4.21. The first-order valence-corrected chi connectivity index (χ1v) is 12.4. The number of alkyl halides is 3. The molecule has 204 valence electrons. The third-order valence-corrected chi connectivity index (χ3v) is 5.84. The highest BCUT2D eigenvalue weighted by atomic mass is 19.4. The summed E-state index contributed by atoms with van der Waals surface area (Å²) >= 11 is 0. The first-order valence-electron chi connectivity index (χ1n) is 12.4. The molecule has 0 atom stereocenters. The Kier molecular flexibility index (Phi) is 10.1. The fourth-order valence-electron chi connectivity index (χ4n) is 4.05. The standard InChI is InChI=1S/C27H31F4N5O2/c1-4-13-36(14-5-2)15-12-23(26(37)38-3)34-35-24-17-32-25(19-8-6-7-9-21(19)28)20-16-18(27(29,30)31)10-11-22(20)33-24/h6-11,16H,4-5,12-15,17H2,1-3H3,(H,33,35)/b34-23-. The van der Waals surface area contributed by atoms with E-state index in [1.54, 1.807) is 6.07 Å². The molecule has 0 radical (unpaired) electrons. The summed E-state index contributed by atoms with van der Waals surface area (Å²) < 4.78 is 59.9. The van der Waals surface area contributed by atoms with Gasteiger partial charge in [-0.1, -0.05) is 26.0 Å². The number of fused-ring (bicyclic) bond motifs is 1. The molecule has 0 bridgehead atoms. The molecule has 0 aromatic heterocycles. The highest BCUT2D eigenvalue weighted by Gasteiger charge is 2.32. The molecule has 3 rings (SSSR count). The Hall–Kier alpha value is -3.60. The number of carbonyl (C=O) groups is 1. The molecule has 0 aliphatic carbocycles. The number of methoxy groups -OCH3 is 1. The Balaban J connectivity index is 1.95. The SMILES string of the molecule is CCCN(CCC)CC/C(=N/NC1=Nc2ccc(C(F)(F)F)cc2C(c2ccccc2F)=NC1)C(=O)OC. The number of nitrogens with zero attached hydrogens (tertiary/aromatic N) is 4. The summed E-state index contributed by atoms with van der Waals surface area (Å²) in [7, 11) is 1.26. The van der Waals surface area contributed by atoms with Gasteiger partial charge in [0.05, 0.1) is 30.6 Å². The lowest BCUT2D eigenvalue weighted by Gasteiger charge is -2.20. The van der Waals surface area contributed by atoms with Crippen molar-refractivity contribution in [3.05, 3.63) is 65.0 Å². The van der Waals surface area contributed by atoms with Crippen LogP contribution in [-0.2, 0) is 15.7 Å². The minimum absolute atomic E-state index is 0.0358. The molecule has 11 heteroatoms. The normalized spacial score (nSPS) is 13.9. The third kappa shape index (κ3) is 7.47. The predicted molar refractivity (Wildman–Crippen MR) is 140 cm³/mol. The summed E-state index contributed by atoms with van der Waals surface area (Å²) in [5.74, 6) is -1.05. The van der Waals surface area contributed by atoms with Crippen LogP contribution in [0.15, 0.2) is 57.6 Å². The van der Waals surface area contributed by atoms with Crippen molar-refractivity contribution in [2.75, 3.05) is 33.3 Å². The van der Waals surface area contributed by atoms with Crippen LogP contribution in [0.25, 0.3) is 0 Å². The van der Waals surface area contributed by atoms with Gasteiger partial charge in [-0.25, -0.2) is 14.2 Å². The summed E-state index contributed by atoms with van der Waals surface area (Å²) in [6.45, 7) is 6.39. The van der Waals surface area contributed by atoms with Gasteiger partial charge in [0.15, 0.2) is 0 Å². The van der Waals surface area contributed by atoms with Crippen LogP contribution >= 0.6 is 0 Å². The molecule has 1 aliphatic rings. The first-order chi connectivity index (χ1) is 18.2. The van der Waals surface area contributed by atoms with E-state index in [4.69, 9.17) is 4.74 Å². The van der Waals surface area contributed by atoms with E-state index in [0.29, 0.717) is 13.0 Å². The van der Waals surface area contributed by atoms with Gasteiger partial charge in [0.1, 0.15) is 17.4 Å². The third-order valence-electron chi connectivity index (χ3n) is 5.84. The summed E-state index contributed by atoms with van der Waals surface area (Å²) in [5.41, 5.74) is 2.26. The van der Waals surface area contributed by atoms with E-state index in [1.165, 1.54) is 31.4 Å². The molecule has 0 saturated carbocycles. The van der Waals surface area contributed by atoms with Crippen molar-refractivity contribution in [3.8, 4) is 0 Å². The summed E-state index contributed by atoms with van der Waals surface area (Å²) in [6, 6.07) is 8.74. The number of halogens is 4. The van der Waals surface area contributed by atoms with E-state index < -0.39 is 23.5 Å². The lowest BCUT2D eigenvalue weighted by molar-refractivity contribution is -0.137. The monoisotopic (exact) mass is 533 g/mol. The van der Waals surface area contributed by atoms with E-state index in [0.717, 1.165) is 38.1 Å². The second-order valence-corrected chi connectivity index (χ2v) is 8.69. The van der Waals surface area contributed by atoms with Crippen LogP contribution in [0.3, 0.4) is 0 Å². The van der Waals surface area contributed by atoms with Crippen LogP contribution in [0.5, 0.6) is 0 Å². The zero-order chi connectivity index (χ0) is 27.7. The molecule has 2 aromatic rings. The van der Waals surface area contributed by atoms with Gasteiger partial charge in [-0.3, -0.25) is 10.4 Å². The van der Waals surface area contributed by atoms with Crippen LogP contribution < -0.4 is 5.43 Å². The van der Waals surface area contributed by atoms with Gasteiger partial charge in [-0.2, -0.15) is 18.3 Å². The van der Waals surface area contributed by atoms with Crippen LogP contribution in [0.1, 0.15) is 49.8 Å². The van der Waals surface area contributed by atoms with Crippen LogP contribution in [0, 0.1) is 5.82 Å². The van der Waals surface area contributed by atoms with Crippen LogP contribution in [0.4, 0.5) is 23.2 Å². The Labute approximate surface area is 219 Å². The minimum Gasteiger partial charge on any atom is -0.464 e. The number of amidine groups is 1. The molecule has 0 fully saturated rings. The largest absolute Gasteiger partial charge is 0.464 e. The average molecular weight is 534 g/mol. The number of carbonyl (C=O) groups excluding carboxylic acids is 1. The lowest BCUT2D eigenvalue weighted by Crippen LogP contribution is -2.32. The van der Waals surface area contributed by atoms with Crippen molar-refractivity contribution < 1.29 is 27.1 Å². The van der Waals surface area contributed by atoms with E-state index >= 15 is 0 Å². The minimum atomic E-state index is -4.60. The van der Waals surface area contributed by atoms with Crippen molar-refractivity contribution in [1.82, 2.24) is 10.3 Å². The summed E-state index contributed by atoms with van der Waals surface area (Å²) in [6.07, 6.45) is -2.34. The Bertz CT molecular complexity index is 1220. The number of aliphatic imine (C=N–C) groups is 2. The molecule has 1 heterocycles. The zero-order valence-electron chi connectivity index (χ0n) is 21.6. The maximum absolute atomic E-state index is 14.6. The highest BCUT2D eigenvalue weighted by Crippen LogP contribution is 2.34. The van der Waals surface area contributed by atoms with Crippen molar-refractivity contribution in [2.45, 2.75) is 39.3 Å². The quantitative estimate of drug-likeness (QED) is 0.193.